The molecule has 0 aliphatic carbocycles. The fourth-order valence-corrected chi connectivity index (χ4v) is 8.26. The van der Waals surface area contributed by atoms with Gasteiger partial charge in [-0.05, 0) is 74.2 Å². The first-order valence-electron chi connectivity index (χ1n) is 19.0. The number of carbonyl (C=O) groups excluding carboxylic acids is 5. The molecule has 0 saturated carbocycles. The molecule has 1 atom stereocenters. The number of anilines is 2. The number of hydrogen-bond acceptors (Lipinski definition) is 16. The molecule has 0 radical (unpaired) electrons. The van der Waals surface area contributed by atoms with E-state index in [9.17, 15) is 42.5 Å². The molecule has 0 bridgehead atoms. The van der Waals surface area contributed by atoms with Gasteiger partial charge in [0.25, 0.3) is 27.7 Å². The highest BCUT2D eigenvalue weighted by Gasteiger charge is 2.46. The Morgan fingerprint density at radius 3 is 2.56 bits per heavy atom. The number of methoxy groups -OCH3 is 1. The highest BCUT2D eigenvalue weighted by atomic mass is 32.2. The van der Waals surface area contributed by atoms with Crippen molar-refractivity contribution in [1.29, 1.82) is 0 Å². The zero-order valence-corrected chi connectivity index (χ0v) is 34.3. The number of nitro groups is 1. The number of aromatic nitrogens is 5. The largest absolute Gasteiger partial charge is 0.493 e. The second-order valence-electron chi connectivity index (χ2n) is 13.8. The second-order valence-corrected chi connectivity index (χ2v) is 16.5. The van der Waals surface area contributed by atoms with Crippen LogP contribution in [0.2, 0.25) is 0 Å². The molecule has 1 saturated heterocycles. The molecule has 3 aromatic heterocycles. The predicted molar refractivity (Wildman–Crippen MR) is 221 cm³/mol. The maximum Gasteiger partial charge on any atom is 0.324 e. The first kappa shape index (κ1) is 42.7. The van der Waals surface area contributed by atoms with E-state index in [0.717, 1.165) is 35.5 Å². The highest BCUT2D eigenvalue weighted by Crippen LogP contribution is 2.34. The van der Waals surface area contributed by atoms with Gasteiger partial charge in [0.05, 0.1) is 47.1 Å². The molecule has 2 aliphatic rings. The number of unbranched alkanes of at least 4 members (excludes halogenated alkanes) is 3. The average Bonchev–Trinajstić information content (AvgIpc) is 3.99. The molecular weight excluding hydrogens is 849 g/mol. The third-order valence-electron chi connectivity index (χ3n) is 9.56. The van der Waals surface area contributed by atoms with Gasteiger partial charge >= 0.3 is 5.00 Å². The fourth-order valence-electron chi connectivity index (χ4n) is 6.52. The molecule has 62 heavy (non-hydrogen) atoms. The lowest BCUT2D eigenvalue weighted by Gasteiger charge is -2.27. The third kappa shape index (κ3) is 9.63. The summed E-state index contributed by atoms with van der Waals surface area (Å²) in [6, 6.07) is 11.9. The van der Waals surface area contributed by atoms with Crippen LogP contribution in [0.15, 0.2) is 78.0 Å². The number of nitrogens with zero attached hydrogens (tertiary/aromatic N) is 7. The van der Waals surface area contributed by atoms with Gasteiger partial charge in [-0.1, -0.05) is 29.0 Å². The van der Waals surface area contributed by atoms with Crippen LogP contribution in [0.25, 0.3) is 17.5 Å². The molecule has 7 rings (SSSR count). The number of carbonyl (C=O) groups is 5. The summed E-state index contributed by atoms with van der Waals surface area (Å²) in [6.45, 7) is 0.827. The van der Waals surface area contributed by atoms with E-state index < -0.39 is 50.5 Å². The molecule has 23 heteroatoms. The van der Waals surface area contributed by atoms with Crippen LogP contribution in [-0.2, 0) is 31.0 Å². The van der Waals surface area contributed by atoms with Crippen molar-refractivity contribution in [2.75, 3.05) is 23.8 Å². The molecule has 5 aromatic rings. The van der Waals surface area contributed by atoms with Gasteiger partial charge in [0.2, 0.25) is 23.5 Å². The lowest BCUT2D eigenvalue weighted by atomic mass is 10.0. The minimum Gasteiger partial charge on any atom is -0.493 e. The van der Waals surface area contributed by atoms with Crippen molar-refractivity contribution in [3.05, 3.63) is 99.2 Å². The van der Waals surface area contributed by atoms with E-state index in [1.165, 1.54) is 67.9 Å². The van der Waals surface area contributed by atoms with E-state index in [-0.39, 0.29) is 63.6 Å². The van der Waals surface area contributed by atoms with Gasteiger partial charge in [0, 0.05) is 35.7 Å². The second kappa shape index (κ2) is 18.5. The quantitative estimate of drug-likeness (QED) is 0.0366. The number of fused-ring (bicyclic) bond motifs is 1. The molecule has 21 nitrogen and oxygen atoms in total. The van der Waals surface area contributed by atoms with Crippen LogP contribution in [0.4, 0.5) is 16.5 Å². The zero-order valence-electron chi connectivity index (χ0n) is 32.7. The Hall–Kier alpha value is -7.40. The highest BCUT2D eigenvalue weighted by molar-refractivity contribution is 7.92. The van der Waals surface area contributed by atoms with Gasteiger partial charge in [0.1, 0.15) is 23.2 Å². The molecule has 1 unspecified atom stereocenters. The molecule has 5 amide bonds. The number of aryl methyl sites for hydroxylation is 1. The lowest BCUT2D eigenvalue weighted by Crippen LogP contribution is -2.54. The summed E-state index contributed by atoms with van der Waals surface area (Å²) in [5.74, 6) is -2.90. The van der Waals surface area contributed by atoms with Crippen LogP contribution in [-0.4, -0.2) is 92.5 Å². The normalized spacial score (nSPS) is 15.1. The number of piperidine rings is 1. The number of hydrogen-bond donors (Lipinski definition) is 3. The molecular formula is C39H36N10O11S2. The maximum absolute atomic E-state index is 13.3. The van der Waals surface area contributed by atoms with E-state index in [0.29, 0.717) is 29.2 Å². The Labute approximate surface area is 356 Å². The first-order chi connectivity index (χ1) is 29.8. The number of amides is 5. The zero-order chi connectivity index (χ0) is 44.0. The van der Waals surface area contributed by atoms with Crippen LogP contribution in [0.5, 0.6) is 11.6 Å². The SMILES string of the molecule is COc1nc(-c2cn(CCCCCCOc3cccc4c3C(=O)N(C3CCC(=O)NC3=O)C4=O)nn2)cnc1NS(=O)(=O)c1ccc(NC(=O)/C=C/c2ccc([N+](=O)[O-])s2)cc1. The number of nitrogens with one attached hydrogen (secondary N) is 3. The monoisotopic (exact) mass is 884 g/mol. The summed E-state index contributed by atoms with van der Waals surface area (Å²) in [5.41, 5.74) is 1.23. The van der Waals surface area contributed by atoms with Crippen LogP contribution in [0.1, 0.15) is 64.1 Å². The van der Waals surface area contributed by atoms with E-state index in [2.05, 4.69) is 35.6 Å². The van der Waals surface area contributed by atoms with Crippen LogP contribution in [0, 0.1) is 10.1 Å². The molecule has 320 valence electrons. The van der Waals surface area contributed by atoms with Crippen LogP contribution < -0.4 is 24.8 Å². The van der Waals surface area contributed by atoms with E-state index in [1.807, 2.05) is 0 Å². The van der Waals surface area contributed by atoms with Crippen molar-refractivity contribution in [2.45, 2.75) is 56.0 Å². The van der Waals surface area contributed by atoms with Gasteiger partial charge < -0.3 is 14.8 Å². The summed E-state index contributed by atoms with van der Waals surface area (Å²) < 4.78 is 41.6. The molecule has 2 aromatic carbocycles. The van der Waals surface area contributed by atoms with Gasteiger partial charge in [-0.3, -0.25) is 53.7 Å². The molecule has 1 fully saturated rings. The molecule has 5 heterocycles. The lowest BCUT2D eigenvalue weighted by molar-refractivity contribution is -0.380. The smallest absolute Gasteiger partial charge is 0.324 e. The summed E-state index contributed by atoms with van der Waals surface area (Å²) in [5, 5.41) is 23.9. The fraction of sp³-hybridized carbons (Fsp3) is 0.256. The van der Waals surface area contributed by atoms with Gasteiger partial charge in [0.15, 0.2) is 0 Å². The number of sulfonamides is 1. The average molecular weight is 885 g/mol. The van der Waals surface area contributed by atoms with Crippen molar-refractivity contribution in [2.24, 2.45) is 0 Å². The Morgan fingerprint density at radius 1 is 1.03 bits per heavy atom. The standard InChI is InChI=1S/C39H36N10O11S2/c1-59-37-35(45-62(57,58)25-13-9-23(10-14-25)41-31(50)16-11-24-12-18-33(61-24)49(55)56)40-21-27(42-37)28-22-47(46-44-28)19-4-2-3-5-20-60-30-8-6-7-26-34(30)39(54)48(38(26)53)29-15-17-32(51)43-36(29)52/h6-14,16,18,21-22,29H,2-5,15,17,19-20H2,1H3,(H,40,45)(H,41,50)(H,43,51,52)/b16-11+. The van der Waals surface area contributed by atoms with E-state index in [4.69, 9.17) is 9.47 Å². The number of rotatable bonds is 18. The van der Waals surface area contributed by atoms with Crippen molar-refractivity contribution in [3.8, 4) is 23.0 Å². The van der Waals surface area contributed by atoms with Gasteiger partial charge in [-0.15, -0.1) is 5.10 Å². The van der Waals surface area contributed by atoms with E-state index in [1.54, 1.807) is 23.0 Å². The number of benzene rings is 2. The van der Waals surface area contributed by atoms with Crippen molar-refractivity contribution in [3.63, 3.8) is 0 Å². The summed E-state index contributed by atoms with van der Waals surface area (Å²) in [7, 11) is -2.86. The Bertz CT molecular complexity index is 2720. The Balaban J connectivity index is 0.860. The van der Waals surface area contributed by atoms with Crippen molar-refractivity contribution < 1.29 is 46.8 Å². The summed E-state index contributed by atoms with van der Waals surface area (Å²) >= 11 is 0.916. The maximum atomic E-state index is 13.3. The van der Waals surface area contributed by atoms with Crippen LogP contribution in [0.3, 0.4) is 0 Å². The van der Waals surface area contributed by atoms with Gasteiger partial charge in [-0.25, -0.2) is 18.4 Å². The van der Waals surface area contributed by atoms with Crippen LogP contribution >= 0.6 is 11.3 Å². The minimum atomic E-state index is -4.17. The summed E-state index contributed by atoms with van der Waals surface area (Å²) in [6.07, 6.45) is 8.75. The third-order valence-corrected chi connectivity index (χ3v) is 11.9. The van der Waals surface area contributed by atoms with Gasteiger partial charge in [-0.2, -0.15) is 0 Å². The topological polar surface area (TPSA) is 277 Å². The molecule has 3 N–H and O–H groups in total. The Morgan fingerprint density at radius 2 is 1.82 bits per heavy atom. The predicted octanol–water partition coefficient (Wildman–Crippen LogP) is 4.21. The summed E-state index contributed by atoms with van der Waals surface area (Å²) in [4.78, 5) is 82.8. The Kier molecular flexibility index (Phi) is 12.7. The minimum absolute atomic E-state index is 0.0296. The van der Waals surface area contributed by atoms with Crippen molar-refractivity contribution in [1.82, 2.24) is 35.2 Å². The molecule has 2 aliphatic heterocycles. The number of imide groups is 2. The molecule has 0 spiro atoms. The first-order valence-corrected chi connectivity index (χ1v) is 21.3. The van der Waals surface area contributed by atoms with Crippen molar-refractivity contribution >= 4 is 73.5 Å². The van der Waals surface area contributed by atoms with E-state index >= 15 is 0 Å². The number of thiophene rings is 1. The number of ether oxygens (including phenoxy) is 2.